The summed E-state index contributed by atoms with van der Waals surface area (Å²) in [5.41, 5.74) is -1.27. The van der Waals surface area contributed by atoms with Crippen molar-refractivity contribution in [1.29, 1.82) is 0 Å². The molecule has 1 rings (SSSR count). The smallest absolute Gasteiger partial charge is 0.329 e. The Morgan fingerprint density at radius 3 is 2.55 bits per heavy atom. The van der Waals surface area contributed by atoms with Crippen LogP contribution in [0.3, 0.4) is 0 Å². The lowest BCUT2D eigenvalue weighted by Gasteiger charge is -2.25. The molecule has 0 spiro atoms. The molecular weight excluding hydrogens is 278 g/mol. The van der Waals surface area contributed by atoms with E-state index in [1.807, 2.05) is 6.92 Å². The van der Waals surface area contributed by atoms with Crippen LogP contribution in [0.15, 0.2) is 17.5 Å². The van der Waals surface area contributed by atoms with Crippen molar-refractivity contribution in [1.82, 2.24) is 5.32 Å². The summed E-state index contributed by atoms with van der Waals surface area (Å²) in [6.07, 6.45) is 1.10. The Labute approximate surface area is 122 Å². The van der Waals surface area contributed by atoms with Gasteiger partial charge in [-0.3, -0.25) is 9.59 Å². The molecule has 2 N–H and O–H groups in total. The maximum atomic E-state index is 11.8. The number of hydrogen-bond acceptors (Lipinski definition) is 4. The topological polar surface area (TPSA) is 83.5 Å². The van der Waals surface area contributed by atoms with Crippen LogP contribution in [0.25, 0.3) is 0 Å². The van der Waals surface area contributed by atoms with E-state index in [9.17, 15) is 14.4 Å². The molecule has 1 aromatic heterocycles. The van der Waals surface area contributed by atoms with Gasteiger partial charge in [0.25, 0.3) is 0 Å². The molecule has 1 amide bonds. The number of Topliss-reactive ketones (excluding diaryl/α,β-unsaturated/α-hetero) is 1. The van der Waals surface area contributed by atoms with E-state index in [0.29, 0.717) is 17.7 Å². The van der Waals surface area contributed by atoms with Crippen molar-refractivity contribution < 1.29 is 19.5 Å². The third-order valence-electron chi connectivity index (χ3n) is 3.01. The minimum Gasteiger partial charge on any atom is -0.480 e. The molecule has 0 aromatic carbocycles. The van der Waals surface area contributed by atoms with Crippen molar-refractivity contribution in [3.05, 3.63) is 22.4 Å². The number of hydrogen-bond donors (Lipinski definition) is 2. The van der Waals surface area contributed by atoms with Gasteiger partial charge >= 0.3 is 5.97 Å². The van der Waals surface area contributed by atoms with Crippen molar-refractivity contribution in [3.8, 4) is 0 Å². The Hall–Kier alpha value is -1.69. The van der Waals surface area contributed by atoms with Gasteiger partial charge in [-0.1, -0.05) is 19.4 Å². The summed E-state index contributed by atoms with van der Waals surface area (Å²) in [7, 11) is 0. The third-order valence-corrected chi connectivity index (χ3v) is 3.92. The summed E-state index contributed by atoms with van der Waals surface area (Å²) in [6, 6.07) is 3.49. The Kier molecular flexibility index (Phi) is 5.88. The predicted molar refractivity (Wildman–Crippen MR) is 77.0 cm³/mol. The first-order valence-corrected chi connectivity index (χ1v) is 7.38. The van der Waals surface area contributed by atoms with E-state index < -0.39 is 17.4 Å². The Morgan fingerprint density at radius 2 is 2.05 bits per heavy atom. The van der Waals surface area contributed by atoms with E-state index in [1.165, 1.54) is 18.3 Å². The number of carbonyl (C=O) groups excluding carboxylic acids is 2. The lowest BCUT2D eigenvalue weighted by molar-refractivity contribution is -0.147. The summed E-state index contributed by atoms with van der Waals surface area (Å²) in [5.74, 6) is -1.56. The molecule has 0 radical (unpaired) electrons. The molecule has 1 atom stereocenters. The van der Waals surface area contributed by atoms with E-state index in [1.54, 1.807) is 17.5 Å². The number of aliphatic carboxylic acids is 1. The highest BCUT2D eigenvalue weighted by Crippen LogP contribution is 2.15. The monoisotopic (exact) mass is 297 g/mol. The van der Waals surface area contributed by atoms with E-state index in [4.69, 9.17) is 5.11 Å². The second-order valence-corrected chi connectivity index (χ2v) is 5.78. The van der Waals surface area contributed by atoms with Gasteiger partial charge in [-0.2, -0.15) is 0 Å². The minimum atomic E-state index is -1.27. The zero-order valence-electron chi connectivity index (χ0n) is 11.6. The summed E-state index contributed by atoms with van der Waals surface area (Å²) in [5, 5.41) is 13.5. The number of carboxylic acid groups (broad SMARTS) is 1. The number of carbonyl (C=O) groups is 3. The molecule has 1 heterocycles. The van der Waals surface area contributed by atoms with Crippen LogP contribution >= 0.6 is 11.3 Å². The lowest BCUT2D eigenvalue weighted by atomic mass is 9.96. The van der Waals surface area contributed by atoms with Gasteiger partial charge < -0.3 is 10.4 Å². The Balaban J connectivity index is 2.50. The number of rotatable bonds is 8. The maximum absolute atomic E-state index is 11.8. The van der Waals surface area contributed by atoms with Gasteiger partial charge in [0.1, 0.15) is 5.54 Å². The Bertz CT molecular complexity index is 483. The first-order chi connectivity index (χ1) is 9.39. The summed E-state index contributed by atoms with van der Waals surface area (Å²) >= 11 is 1.33. The van der Waals surface area contributed by atoms with Crippen LogP contribution in [0.4, 0.5) is 0 Å². The molecule has 1 aromatic rings. The number of nitrogens with one attached hydrogen (secondary N) is 1. The highest BCUT2D eigenvalue weighted by molar-refractivity contribution is 7.12. The second kappa shape index (κ2) is 7.19. The number of ketones is 1. The number of carboxylic acids is 1. The van der Waals surface area contributed by atoms with Crippen LogP contribution in [0.1, 0.15) is 49.2 Å². The van der Waals surface area contributed by atoms with E-state index in [2.05, 4.69) is 5.32 Å². The molecule has 0 aliphatic rings. The third kappa shape index (κ3) is 4.45. The zero-order chi connectivity index (χ0) is 15.2. The molecule has 6 heteroatoms. The standard InChI is InChI=1S/C14H19NO4S/c1-3-8-14(2,13(18)19)15-12(17)7-6-10(16)11-5-4-9-20-11/h4-5,9H,3,6-8H2,1-2H3,(H,15,17)(H,18,19). The summed E-state index contributed by atoms with van der Waals surface area (Å²) < 4.78 is 0. The van der Waals surface area contributed by atoms with Gasteiger partial charge in [0, 0.05) is 12.8 Å². The lowest BCUT2D eigenvalue weighted by Crippen LogP contribution is -2.52. The fourth-order valence-electron chi connectivity index (χ4n) is 1.88. The summed E-state index contributed by atoms with van der Waals surface area (Å²) in [6.45, 7) is 3.34. The van der Waals surface area contributed by atoms with Crippen molar-refractivity contribution >= 4 is 29.0 Å². The molecular formula is C14H19NO4S. The van der Waals surface area contributed by atoms with Gasteiger partial charge in [-0.15, -0.1) is 11.3 Å². The fraction of sp³-hybridized carbons (Fsp3) is 0.500. The quantitative estimate of drug-likeness (QED) is 0.722. The molecule has 1 unspecified atom stereocenters. The van der Waals surface area contributed by atoms with Crippen LogP contribution in [0, 0.1) is 0 Å². The average molecular weight is 297 g/mol. The molecule has 0 aliphatic carbocycles. The van der Waals surface area contributed by atoms with Crippen molar-refractivity contribution in [2.45, 2.75) is 45.1 Å². The molecule has 0 saturated carbocycles. The van der Waals surface area contributed by atoms with Crippen molar-refractivity contribution in [3.63, 3.8) is 0 Å². The van der Waals surface area contributed by atoms with Gasteiger partial charge in [-0.25, -0.2) is 4.79 Å². The van der Waals surface area contributed by atoms with E-state index in [0.717, 1.165) is 0 Å². The molecule has 5 nitrogen and oxygen atoms in total. The molecule has 0 saturated heterocycles. The molecule has 0 aliphatic heterocycles. The zero-order valence-corrected chi connectivity index (χ0v) is 12.5. The minimum absolute atomic E-state index is 0.00329. The van der Waals surface area contributed by atoms with Gasteiger partial charge in [0.2, 0.25) is 5.91 Å². The van der Waals surface area contributed by atoms with Crippen LogP contribution in [-0.2, 0) is 9.59 Å². The van der Waals surface area contributed by atoms with Gasteiger partial charge in [0.15, 0.2) is 5.78 Å². The molecule has 0 bridgehead atoms. The first-order valence-electron chi connectivity index (χ1n) is 6.50. The van der Waals surface area contributed by atoms with Crippen LogP contribution < -0.4 is 5.32 Å². The highest BCUT2D eigenvalue weighted by atomic mass is 32.1. The van der Waals surface area contributed by atoms with Gasteiger partial charge in [-0.05, 0) is 24.8 Å². The maximum Gasteiger partial charge on any atom is 0.329 e. The fourth-order valence-corrected chi connectivity index (χ4v) is 2.57. The molecule has 20 heavy (non-hydrogen) atoms. The predicted octanol–water partition coefficient (Wildman–Crippen LogP) is 2.47. The van der Waals surface area contributed by atoms with Crippen molar-refractivity contribution in [2.24, 2.45) is 0 Å². The average Bonchev–Trinajstić information content (AvgIpc) is 2.89. The van der Waals surface area contributed by atoms with Crippen molar-refractivity contribution in [2.75, 3.05) is 0 Å². The number of amides is 1. The SMILES string of the molecule is CCCC(C)(NC(=O)CCC(=O)c1cccs1)C(=O)O. The highest BCUT2D eigenvalue weighted by Gasteiger charge is 2.33. The van der Waals surface area contributed by atoms with Crippen LogP contribution in [0.5, 0.6) is 0 Å². The van der Waals surface area contributed by atoms with E-state index >= 15 is 0 Å². The van der Waals surface area contributed by atoms with Crippen LogP contribution in [-0.4, -0.2) is 28.3 Å². The van der Waals surface area contributed by atoms with E-state index in [-0.39, 0.29) is 18.6 Å². The molecule has 0 fully saturated rings. The van der Waals surface area contributed by atoms with Crippen LogP contribution in [0.2, 0.25) is 0 Å². The largest absolute Gasteiger partial charge is 0.480 e. The second-order valence-electron chi connectivity index (χ2n) is 4.84. The number of thiophene rings is 1. The first kappa shape index (κ1) is 16.4. The normalized spacial score (nSPS) is 13.5. The Morgan fingerprint density at radius 1 is 1.35 bits per heavy atom. The van der Waals surface area contributed by atoms with Gasteiger partial charge in [0.05, 0.1) is 4.88 Å². The molecule has 110 valence electrons. The summed E-state index contributed by atoms with van der Waals surface area (Å²) in [4.78, 5) is 35.3.